The predicted molar refractivity (Wildman–Crippen MR) is 93.9 cm³/mol. The molecule has 2 N–H and O–H groups in total. The van der Waals surface area contributed by atoms with Crippen molar-refractivity contribution in [1.82, 2.24) is 10.6 Å². The highest BCUT2D eigenvalue weighted by molar-refractivity contribution is 5.85. The largest absolute Gasteiger partial charge is 0.383 e. The van der Waals surface area contributed by atoms with Crippen molar-refractivity contribution in [3.63, 3.8) is 0 Å². The first-order valence-corrected chi connectivity index (χ1v) is 7.72. The highest BCUT2D eigenvalue weighted by Crippen LogP contribution is 2.19. The molecule has 0 aliphatic heterocycles. The zero-order valence-corrected chi connectivity index (χ0v) is 14.7. The number of carbonyl (C=O) groups excluding carboxylic acids is 1. The van der Waals surface area contributed by atoms with E-state index in [9.17, 15) is 4.79 Å². The van der Waals surface area contributed by atoms with Crippen molar-refractivity contribution < 1.29 is 9.53 Å². The van der Waals surface area contributed by atoms with Crippen LogP contribution in [0.15, 0.2) is 24.3 Å². The molecule has 0 radical (unpaired) electrons. The van der Waals surface area contributed by atoms with E-state index in [1.54, 1.807) is 7.11 Å². The van der Waals surface area contributed by atoms with E-state index in [-0.39, 0.29) is 24.2 Å². The highest BCUT2D eigenvalue weighted by Gasteiger charge is 2.10. The summed E-state index contributed by atoms with van der Waals surface area (Å²) in [6.07, 6.45) is 1.58. The van der Waals surface area contributed by atoms with Crippen molar-refractivity contribution in [2.75, 3.05) is 33.4 Å². The maximum Gasteiger partial charge on any atom is 0.220 e. The van der Waals surface area contributed by atoms with E-state index in [1.165, 1.54) is 11.1 Å². The number of hydrogen-bond acceptors (Lipinski definition) is 3. The van der Waals surface area contributed by atoms with E-state index >= 15 is 0 Å². The summed E-state index contributed by atoms with van der Waals surface area (Å²) in [4.78, 5) is 11.9. The second-order valence-electron chi connectivity index (χ2n) is 5.29. The summed E-state index contributed by atoms with van der Waals surface area (Å²) in [7, 11) is 1.68. The van der Waals surface area contributed by atoms with E-state index in [0.717, 1.165) is 19.5 Å². The number of nitrogens with one attached hydrogen (secondary N) is 2. The number of methoxy groups -OCH3 is 1. The number of ether oxygens (including phenoxy) is 1. The maximum atomic E-state index is 11.9. The van der Waals surface area contributed by atoms with E-state index in [0.29, 0.717) is 19.6 Å². The second-order valence-corrected chi connectivity index (χ2v) is 5.29. The molecule has 0 saturated heterocycles. The van der Waals surface area contributed by atoms with Gasteiger partial charge in [-0.15, -0.1) is 12.4 Å². The number of rotatable bonds is 10. The first kappa shape index (κ1) is 20.9. The van der Waals surface area contributed by atoms with Gasteiger partial charge in [-0.25, -0.2) is 0 Å². The molecule has 0 fully saturated rings. The van der Waals surface area contributed by atoms with E-state index in [4.69, 9.17) is 4.74 Å². The molecule has 1 rings (SSSR count). The first-order chi connectivity index (χ1) is 10.2. The van der Waals surface area contributed by atoms with Crippen LogP contribution < -0.4 is 10.6 Å². The number of amides is 1. The van der Waals surface area contributed by atoms with Crippen LogP contribution in [-0.2, 0) is 16.0 Å². The fourth-order valence-electron chi connectivity index (χ4n) is 2.14. The van der Waals surface area contributed by atoms with E-state index in [1.807, 2.05) is 0 Å². The van der Waals surface area contributed by atoms with Crippen LogP contribution >= 0.6 is 12.4 Å². The van der Waals surface area contributed by atoms with Crippen LogP contribution in [0, 0.1) is 0 Å². The number of benzene rings is 1. The van der Waals surface area contributed by atoms with Gasteiger partial charge in [-0.1, -0.05) is 38.1 Å². The number of carbonyl (C=O) groups is 1. The Balaban J connectivity index is 0.00000441. The van der Waals surface area contributed by atoms with Gasteiger partial charge in [0.1, 0.15) is 0 Å². The van der Waals surface area contributed by atoms with Crippen LogP contribution in [0.2, 0.25) is 0 Å². The monoisotopic (exact) mass is 328 g/mol. The molecule has 1 aromatic rings. The van der Waals surface area contributed by atoms with Crippen molar-refractivity contribution in [1.29, 1.82) is 0 Å². The third-order valence-corrected chi connectivity index (χ3v) is 3.56. The topological polar surface area (TPSA) is 50.4 Å². The molecule has 0 aliphatic carbocycles. The minimum absolute atomic E-state index is 0. The molecule has 5 heteroatoms. The Kier molecular flexibility index (Phi) is 11.8. The lowest BCUT2D eigenvalue weighted by Crippen LogP contribution is -2.33. The van der Waals surface area contributed by atoms with E-state index < -0.39 is 0 Å². The maximum absolute atomic E-state index is 11.9. The van der Waals surface area contributed by atoms with Gasteiger partial charge in [0.2, 0.25) is 5.91 Å². The van der Waals surface area contributed by atoms with Crippen molar-refractivity contribution in [3.05, 3.63) is 35.4 Å². The lowest BCUT2D eigenvalue weighted by Gasteiger charge is -2.13. The zero-order valence-electron chi connectivity index (χ0n) is 13.9. The molecule has 1 aromatic carbocycles. The van der Waals surface area contributed by atoms with Crippen LogP contribution in [0.1, 0.15) is 37.3 Å². The predicted octanol–water partition coefficient (Wildman–Crippen LogP) is 2.52. The fraction of sp³-hybridized carbons (Fsp3) is 0.588. The lowest BCUT2D eigenvalue weighted by molar-refractivity contribution is -0.121. The number of hydrogen-bond donors (Lipinski definition) is 2. The minimum atomic E-state index is 0. The Bertz CT molecular complexity index is 410. The smallest absolute Gasteiger partial charge is 0.220 e. The van der Waals surface area contributed by atoms with Crippen molar-refractivity contribution in [3.8, 4) is 0 Å². The molecular formula is C17H29ClN2O2. The number of halogens is 1. The van der Waals surface area contributed by atoms with E-state index in [2.05, 4.69) is 48.7 Å². The summed E-state index contributed by atoms with van der Waals surface area (Å²) >= 11 is 0. The number of aryl methyl sites for hydroxylation is 1. The standard InChI is InChI=1S/C17H28N2O2.ClH/c1-4-15-5-7-16(8-6-15)14(2)13-17(20)19-10-9-18-11-12-21-3;/h5-8,14,18H,4,9-13H2,1-3H3,(H,19,20);1H. The highest BCUT2D eigenvalue weighted by atomic mass is 35.5. The molecule has 0 aliphatic rings. The summed E-state index contributed by atoms with van der Waals surface area (Å²) < 4.78 is 4.94. The molecule has 0 aromatic heterocycles. The molecule has 0 saturated carbocycles. The average Bonchev–Trinajstić information content (AvgIpc) is 2.50. The van der Waals surface area contributed by atoms with Gasteiger partial charge in [-0.2, -0.15) is 0 Å². The van der Waals surface area contributed by atoms with Gasteiger partial charge in [0.25, 0.3) is 0 Å². The normalized spacial score (nSPS) is 11.6. The molecule has 4 nitrogen and oxygen atoms in total. The molecule has 1 unspecified atom stereocenters. The quantitative estimate of drug-likeness (QED) is 0.649. The third kappa shape index (κ3) is 8.37. The Morgan fingerprint density at radius 2 is 1.86 bits per heavy atom. The Labute approximate surface area is 140 Å². The summed E-state index contributed by atoms with van der Waals surface area (Å²) in [5, 5.41) is 6.14. The third-order valence-electron chi connectivity index (χ3n) is 3.56. The van der Waals surface area contributed by atoms with Gasteiger partial charge >= 0.3 is 0 Å². The van der Waals surface area contributed by atoms with Gasteiger partial charge in [-0.05, 0) is 23.5 Å². The van der Waals surface area contributed by atoms with Crippen LogP contribution in [0.4, 0.5) is 0 Å². The first-order valence-electron chi connectivity index (χ1n) is 7.72. The fourth-order valence-corrected chi connectivity index (χ4v) is 2.14. The summed E-state index contributed by atoms with van der Waals surface area (Å²) in [5.74, 6) is 0.355. The molecule has 0 bridgehead atoms. The van der Waals surface area contributed by atoms with Gasteiger partial charge in [-0.3, -0.25) is 4.79 Å². The molecular weight excluding hydrogens is 300 g/mol. The Morgan fingerprint density at radius 3 is 2.45 bits per heavy atom. The van der Waals surface area contributed by atoms with Crippen LogP contribution in [0.25, 0.3) is 0 Å². The Morgan fingerprint density at radius 1 is 1.18 bits per heavy atom. The SMILES string of the molecule is CCc1ccc(C(C)CC(=O)NCCNCCOC)cc1.Cl. The van der Waals surface area contributed by atoms with Gasteiger partial charge in [0, 0.05) is 33.2 Å². The summed E-state index contributed by atoms with van der Waals surface area (Å²) in [5.41, 5.74) is 2.55. The molecule has 0 heterocycles. The van der Waals surface area contributed by atoms with Crippen molar-refractivity contribution in [2.24, 2.45) is 0 Å². The molecule has 1 atom stereocenters. The lowest BCUT2D eigenvalue weighted by atomic mass is 9.96. The minimum Gasteiger partial charge on any atom is -0.383 e. The molecule has 126 valence electrons. The average molecular weight is 329 g/mol. The zero-order chi connectivity index (χ0) is 15.5. The summed E-state index contributed by atoms with van der Waals surface area (Å²) in [6, 6.07) is 8.54. The molecule has 1 amide bonds. The van der Waals surface area contributed by atoms with Crippen LogP contribution in [-0.4, -0.2) is 39.3 Å². The van der Waals surface area contributed by atoms with Crippen LogP contribution in [0.3, 0.4) is 0 Å². The van der Waals surface area contributed by atoms with Gasteiger partial charge in [0.05, 0.1) is 6.61 Å². The molecule has 22 heavy (non-hydrogen) atoms. The van der Waals surface area contributed by atoms with Crippen molar-refractivity contribution in [2.45, 2.75) is 32.6 Å². The van der Waals surface area contributed by atoms with Crippen molar-refractivity contribution >= 4 is 18.3 Å². The van der Waals surface area contributed by atoms with Gasteiger partial charge < -0.3 is 15.4 Å². The van der Waals surface area contributed by atoms with Gasteiger partial charge in [0.15, 0.2) is 0 Å². The molecule has 0 spiro atoms. The van der Waals surface area contributed by atoms with Crippen LogP contribution in [0.5, 0.6) is 0 Å². The summed E-state index contributed by atoms with van der Waals surface area (Å²) in [6.45, 7) is 7.17. The second kappa shape index (κ2) is 12.4. The Hall–Kier alpha value is -1.10.